The first-order chi connectivity index (χ1) is 12.9. The number of esters is 1. The van der Waals surface area contributed by atoms with Crippen LogP contribution in [0, 0.1) is 10.1 Å². The Hall–Kier alpha value is -3.46. The monoisotopic (exact) mass is 404 g/mol. The Labute approximate surface area is 164 Å². The maximum Gasteiger partial charge on any atom is 0.338 e. The summed E-state index contributed by atoms with van der Waals surface area (Å²) in [5.74, 6) is -0.897. The first kappa shape index (κ1) is 20.8. The molecule has 146 valence electrons. The van der Waals surface area contributed by atoms with Gasteiger partial charge in [0.1, 0.15) is 5.82 Å². The van der Waals surface area contributed by atoms with E-state index in [1.54, 1.807) is 6.07 Å². The largest absolute Gasteiger partial charge is 1.00 e. The second kappa shape index (κ2) is 8.96. The van der Waals surface area contributed by atoms with E-state index in [-0.39, 0.29) is 35.8 Å². The van der Waals surface area contributed by atoms with Crippen LogP contribution < -0.4 is 12.4 Å². The lowest BCUT2D eigenvalue weighted by atomic mass is 10.2. The van der Waals surface area contributed by atoms with E-state index >= 15 is 0 Å². The number of imidazole rings is 1. The molecule has 9 nitrogen and oxygen atoms in total. The predicted molar refractivity (Wildman–Crippen MR) is 94.8 cm³/mol. The highest BCUT2D eigenvalue weighted by atomic mass is 35.5. The molecule has 0 saturated carbocycles. The van der Waals surface area contributed by atoms with E-state index in [0.717, 1.165) is 0 Å². The quantitative estimate of drug-likeness (QED) is 0.244. The number of nitro groups is 1. The highest BCUT2D eigenvalue weighted by Gasteiger charge is 2.11. The van der Waals surface area contributed by atoms with Crippen molar-refractivity contribution < 1.29 is 36.8 Å². The number of hydrogen-bond donors (Lipinski definition) is 2. The van der Waals surface area contributed by atoms with E-state index < -0.39 is 16.9 Å². The number of nitro benzene ring substituents is 1. The summed E-state index contributed by atoms with van der Waals surface area (Å²) < 4.78 is 5.15. The van der Waals surface area contributed by atoms with Crippen molar-refractivity contribution in [2.24, 2.45) is 0 Å². The van der Waals surface area contributed by atoms with Gasteiger partial charge in [0, 0.05) is 18.6 Å². The van der Waals surface area contributed by atoms with Crippen molar-refractivity contribution in [3.05, 3.63) is 69.5 Å². The minimum atomic E-state index is -1.01. The maximum absolute atomic E-state index is 11.9. The zero-order valence-corrected chi connectivity index (χ0v) is 15.2. The van der Waals surface area contributed by atoms with Crippen molar-refractivity contribution in [3.8, 4) is 0 Å². The average molecular weight is 405 g/mol. The first-order valence-electron chi connectivity index (χ1n) is 8.07. The lowest BCUT2D eigenvalue weighted by molar-refractivity contribution is -0.384. The molecule has 10 heteroatoms. The zero-order valence-electron chi connectivity index (χ0n) is 14.4. The van der Waals surface area contributed by atoms with Crippen LogP contribution in [0.1, 0.15) is 33.0 Å². The summed E-state index contributed by atoms with van der Waals surface area (Å²) in [4.78, 5) is 40.4. The van der Waals surface area contributed by atoms with Gasteiger partial charge in [-0.15, -0.1) is 0 Å². The third-order valence-corrected chi connectivity index (χ3v) is 3.88. The van der Waals surface area contributed by atoms with E-state index in [9.17, 15) is 19.7 Å². The molecule has 2 aromatic carbocycles. The van der Waals surface area contributed by atoms with E-state index in [1.165, 1.54) is 36.4 Å². The number of ether oxygens (including phenoxy) is 1. The number of benzene rings is 2. The van der Waals surface area contributed by atoms with Gasteiger partial charge in [-0.1, -0.05) is 0 Å². The van der Waals surface area contributed by atoms with Crippen LogP contribution >= 0.6 is 0 Å². The van der Waals surface area contributed by atoms with Crippen LogP contribution in [0.3, 0.4) is 0 Å². The Bertz CT molecular complexity index is 1020. The molecule has 0 spiro atoms. The van der Waals surface area contributed by atoms with Crippen molar-refractivity contribution in [2.45, 2.75) is 12.8 Å². The molecule has 0 fully saturated rings. The van der Waals surface area contributed by atoms with Crippen molar-refractivity contribution in [1.82, 2.24) is 9.97 Å². The van der Waals surface area contributed by atoms with Crippen molar-refractivity contribution in [3.63, 3.8) is 0 Å². The normalized spacial score (nSPS) is 10.3. The van der Waals surface area contributed by atoms with Crippen LogP contribution in [0.4, 0.5) is 5.69 Å². The van der Waals surface area contributed by atoms with Crippen LogP contribution in [0.25, 0.3) is 11.0 Å². The molecule has 0 unspecified atom stereocenters. The molecule has 3 rings (SSSR count). The highest BCUT2D eigenvalue weighted by Crippen LogP contribution is 2.15. The van der Waals surface area contributed by atoms with Gasteiger partial charge in [-0.3, -0.25) is 10.1 Å². The molecule has 1 aromatic heterocycles. The van der Waals surface area contributed by atoms with Gasteiger partial charge < -0.3 is 27.2 Å². The summed E-state index contributed by atoms with van der Waals surface area (Å²) in [5, 5.41) is 19.6. The molecule has 2 N–H and O–H groups in total. The third kappa shape index (κ3) is 4.83. The second-order valence-electron chi connectivity index (χ2n) is 5.76. The Balaban J connectivity index is 0.00000280. The number of aromatic amines is 1. The van der Waals surface area contributed by atoms with E-state index in [4.69, 9.17) is 9.84 Å². The number of nitrogens with one attached hydrogen (secondary N) is 1. The molecule has 0 saturated heterocycles. The number of non-ortho nitro benzene ring substituents is 1. The topological polar surface area (TPSA) is 135 Å². The van der Waals surface area contributed by atoms with E-state index in [0.29, 0.717) is 29.7 Å². The van der Waals surface area contributed by atoms with Gasteiger partial charge in [-0.05, 0) is 36.8 Å². The molecule has 0 atom stereocenters. The molecule has 28 heavy (non-hydrogen) atoms. The number of hydrogen-bond acceptors (Lipinski definition) is 6. The summed E-state index contributed by atoms with van der Waals surface area (Å²) in [6, 6.07) is 9.82. The van der Waals surface area contributed by atoms with Crippen LogP contribution in [-0.2, 0) is 11.2 Å². The third-order valence-electron chi connectivity index (χ3n) is 3.88. The number of aryl methyl sites for hydroxylation is 1. The van der Waals surface area contributed by atoms with Gasteiger partial charge in [0.25, 0.3) is 5.69 Å². The number of aromatic nitrogens is 2. The summed E-state index contributed by atoms with van der Waals surface area (Å²) in [5.41, 5.74) is 1.62. The van der Waals surface area contributed by atoms with Crippen molar-refractivity contribution >= 4 is 28.7 Å². The smallest absolute Gasteiger partial charge is 0.338 e. The fraction of sp³-hybridized carbons (Fsp3) is 0.167. The molecule has 3 aromatic rings. The summed E-state index contributed by atoms with van der Waals surface area (Å²) >= 11 is 0. The summed E-state index contributed by atoms with van der Waals surface area (Å²) in [6.07, 6.45) is 1.04. The van der Waals surface area contributed by atoms with Gasteiger partial charge in [-0.2, -0.15) is 0 Å². The van der Waals surface area contributed by atoms with E-state index in [2.05, 4.69) is 9.97 Å². The molecular weight excluding hydrogens is 390 g/mol. The van der Waals surface area contributed by atoms with Crippen molar-refractivity contribution in [2.75, 3.05) is 6.61 Å². The minimum absolute atomic E-state index is 0. The molecule has 1 heterocycles. The number of carboxylic acid groups (broad SMARTS) is 1. The highest BCUT2D eigenvalue weighted by molar-refractivity contribution is 5.92. The van der Waals surface area contributed by atoms with Crippen LogP contribution in [0.2, 0.25) is 0 Å². The zero-order chi connectivity index (χ0) is 19.4. The number of aromatic carboxylic acids is 1. The SMILES string of the molecule is O=C(O)c1ccc2nc(CCCOC(=O)c3ccc([N+](=O)[O-])cc3)[nH]c2c1.[Cl-]. The predicted octanol–water partition coefficient (Wildman–Crippen LogP) is -0.0371. The Kier molecular flexibility index (Phi) is 6.67. The molecule has 0 amide bonds. The lowest BCUT2D eigenvalue weighted by Gasteiger charge is -2.04. The number of carbonyl (C=O) groups is 2. The molecular formula is C18H15ClN3O6-. The van der Waals surface area contributed by atoms with Crippen LogP contribution in [0.15, 0.2) is 42.5 Å². The number of fused-ring (bicyclic) bond motifs is 1. The summed E-state index contributed by atoms with van der Waals surface area (Å²) in [6.45, 7) is 0.160. The molecule has 0 bridgehead atoms. The van der Waals surface area contributed by atoms with Crippen LogP contribution in [0.5, 0.6) is 0 Å². The Morgan fingerprint density at radius 2 is 1.82 bits per heavy atom. The fourth-order valence-corrected chi connectivity index (χ4v) is 2.52. The Morgan fingerprint density at radius 1 is 1.14 bits per heavy atom. The number of carbonyl (C=O) groups excluding carboxylic acids is 1. The molecule has 0 aliphatic rings. The van der Waals surface area contributed by atoms with E-state index in [1.807, 2.05) is 0 Å². The van der Waals surface area contributed by atoms with Crippen LogP contribution in [-0.4, -0.2) is 38.5 Å². The van der Waals surface area contributed by atoms with Gasteiger partial charge >= 0.3 is 11.9 Å². The minimum Gasteiger partial charge on any atom is -1.00 e. The number of nitrogens with zero attached hydrogens (tertiary/aromatic N) is 2. The lowest BCUT2D eigenvalue weighted by Crippen LogP contribution is -3.00. The summed E-state index contributed by atoms with van der Waals surface area (Å²) in [7, 11) is 0. The number of H-pyrrole nitrogens is 1. The number of halogens is 1. The number of carboxylic acids is 1. The number of rotatable bonds is 7. The fourth-order valence-electron chi connectivity index (χ4n) is 2.52. The standard InChI is InChI=1S/C18H15N3O6.ClH/c22-17(23)12-5-8-14-15(10-12)20-16(19-14)2-1-9-27-18(24)11-3-6-13(7-4-11)21(25)26;/h3-8,10H,1-2,9H2,(H,19,20)(H,22,23);1H/p-1. The van der Waals surface area contributed by atoms with Gasteiger partial charge in [-0.25, -0.2) is 14.6 Å². The van der Waals surface area contributed by atoms with Gasteiger partial charge in [0.2, 0.25) is 0 Å². The molecule has 0 aliphatic heterocycles. The molecule has 0 aliphatic carbocycles. The van der Waals surface area contributed by atoms with Gasteiger partial charge in [0.05, 0.1) is 33.7 Å². The van der Waals surface area contributed by atoms with Gasteiger partial charge in [0.15, 0.2) is 0 Å². The van der Waals surface area contributed by atoms with Crippen molar-refractivity contribution in [1.29, 1.82) is 0 Å². The average Bonchev–Trinajstić information content (AvgIpc) is 3.07. The maximum atomic E-state index is 11.9. The first-order valence-corrected chi connectivity index (χ1v) is 8.07. The Morgan fingerprint density at radius 3 is 2.46 bits per heavy atom. The second-order valence-corrected chi connectivity index (χ2v) is 5.76. The molecule has 0 radical (unpaired) electrons.